The molecule has 3 rings (SSSR count). The van der Waals surface area contributed by atoms with E-state index in [2.05, 4.69) is 5.32 Å². The Labute approximate surface area is 192 Å². The van der Waals surface area contributed by atoms with Gasteiger partial charge < -0.3 is 30.5 Å². The summed E-state index contributed by atoms with van der Waals surface area (Å²) in [5.74, 6) is -0.464. The summed E-state index contributed by atoms with van der Waals surface area (Å²) in [5.41, 5.74) is 2.95. The Balaban J connectivity index is 2.28. The molecule has 0 saturated heterocycles. The van der Waals surface area contributed by atoms with Crippen LogP contribution in [0.15, 0.2) is 60.7 Å². The Morgan fingerprint density at radius 3 is 2.12 bits per heavy atom. The first-order valence-electron chi connectivity index (χ1n) is 10.6. The third-order valence-corrected chi connectivity index (χ3v) is 5.92. The lowest BCUT2D eigenvalue weighted by atomic mass is 9.86. The van der Waals surface area contributed by atoms with E-state index in [9.17, 15) is 25.2 Å². The predicted molar refractivity (Wildman–Crippen MR) is 126 cm³/mol. The van der Waals surface area contributed by atoms with Crippen molar-refractivity contribution in [2.45, 2.75) is 19.0 Å². The van der Waals surface area contributed by atoms with Gasteiger partial charge in [-0.15, -0.1) is 0 Å². The van der Waals surface area contributed by atoms with Crippen molar-refractivity contribution in [3.8, 4) is 28.0 Å². The standard InChI is InChI=1S/C26H29NO6/c1-17-21(18-7-4-3-5-8-18)12-22(19-9-6-10-20(11-19)33-2)23(24(17)25(31)32)13-27-26(14-28,15-29)16-30/h3-12,27-30H,13-16H2,1-2H3,(H,31,32). The monoisotopic (exact) mass is 451 g/mol. The molecule has 0 radical (unpaired) electrons. The number of carbonyl (C=O) groups is 1. The molecule has 0 atom stereocenters. The molecule has 5 N–H and O–H groups in total. The zero-order valence-electron chi connectivity index (χ0n) is 18.7. The van der Waals surface area contributed by atoms with Crippen LogP contribution in [0.3, 0.4) is 0 Å². The van der Waals surface area contributed by atoms with Gasteiger partial charge in [-0.05, 0) is 58.5 Å². The van der Waals surface area contributed by atoms with Gasteiger partial charge in [-0.25, -0.2) is 4.79 Å². The van der Waals surface area contributed by atoms with Crippen LogP contribution < -0.4 is 10.1 Å². The molecule has 7 nitrogen and oxygen atoms in total. The van der Waals surface area contributed by atoms with Crippen molar-refractivity contribution in [1.82, 2.24) is 5.32 Å². The minimum atomic E-state index is -1.35. The molecule has 0 bridgehead atoms. The van der Waals surface area contributed by atoms with Gasteiger partial charge in [-0.3, -0.25) is 0 Å². The number of methoxy groups -OCH3 is 1. The number of rotatable bonds is 10. The molecular weight excluding hydrogens is 422 g/mol. The average Bonchev–Trinajstić information content (AvgIpc) is 2.85. The Morgan fingerprint density at radius 1 is 0.909 bits per heavy atom. The maximum absolute atomic E-state index is 12.5. The first kappa shape index (κ1) is 24.4. The highest BCUT2D eigenvalue weighted by atomic mass is 16.5. The van der Waals surface area contributed by atoms with E-state index < -0.39 is 31.3 Å². The summed E-state index contributed by atoms with van der Waals surface area (Å²) < 4.78 is 5.37. The summed E-state index contributed by atoms with van der Waals surface area (Å²) in [7, 11) is 1.56. The molecule has 0 aliphatic heterocycles. The van der Waals surface area contributed by atoms with E-state index in [1.54, 1.807) is 20.1 Å². The van der Waals surface area contributed by atoms with Gasteiger partial charge in [0.15, 0.2) is 0 Å². The number of carboxylic acids is 1. The SMILES string of the molecule is COc1cccc(-c2cc(-c3ccccc3)c(C)c(C(=O)O)c2CNC(CO)(CO)CO)c1. The Bertz CT molecular complexity index is 1100. The number of nitrogens with one attached hydrogen (secondary N) is 1. The Kier molecular flexibility index (Phi) is 7.84. The molecule has 0 aliphatic carbocycles. The third-order valence-electron chi connectivity index (χ3n) is 5.92. The largest absolute Gasteiger partial charge is 0.497 e. The van der Waals surface area contributed by atoms with Gasteiger partial charge in [0.1, 0.15) is 5.75 Å². The van der Waals surface area contributed by atoms with Crippen molar-refractivity contribution in [2.75, 3.05) is 26.9 Å². The van der Waals surface area contributed by atoms with Gasteiger partial charge in [0.25, 0.3) is 0 Å². The van der Waals surface area contributed by atoms with Crippen molar-refractivity contribution in [1.29, 1.82) is 0 Å². The van der Waals surface area contributed by atoms with Gasteiger partial charge in [-0.2, -0.15) is 0 Å². The topological polar surface area (TPSA) is 119 Å². The lowest BCUT2D eigenvalue weighted by molar-refractivity contribution is 0.0413. The number of carboxylic acid groups (broad SMARTS) is 1. The molecule has 3 aromatic rings. The van der Waals surface area contributed by atoms with Gasteiger partial charge in [0.05, 0.1) is 38.0 Å². The maximum Gasteiger partial charge on any atom is 0.336 e. The van der Waals surface area contributed by atoms with Crippen LogP contribution in [0.4, 0.5) is 0 Å². The fraction of sp³-hybridized carbons (Fsp3) is 0.269. The average molecular weight is 452 g/mol. The van der Waals surface area contributed by atoms with E-state index >= 15 is 0 Å². The molecule has 0 amide bonds. The molecule has 174 valence electrons. The minimum Gasteiger partial charge on any atom is -0.497 e. The molecule has 0 unspecified atom stereocenters. The van der Waals surface area contributed by atoms with Gasteiger partial charge in [-0.1, -0.05) is 42.5 Å². The molecule has 7 heteroatoms. The zero-order valence-corrected chi connectivity index (χ0v) is 18.7. The van der Waals surface area contributed by atoms with Crippen LogP contribution in [0, 0.1) is 6.92 Å². The van der Waals surface area contributed by atoms with E-state index in [0.29, 0.717) is 22.4 Å². The quantitative estimate of drug-likeness (QED) is 0.322. The second-order valence-electron chi connectivity index (χ2n) is 7.96. The molecule has 0 fully saturated rings. The summed E-state index contributed by atoms with van der Waals surface area (Å²) >= 11 is 0. The highest BCUT2D eigenvalue weighted by Crippen LogP contribution is 2.37. The predicted octanol–water partition coefficient (Wildman–Crippen LogP) is 2.84. The third kappa shape index (κ3) is 5.07. The van der Waals surface area contributed by atoms with Crippen LogP contribution in [0.25, 0.3) is 22.3 Å². The smallest absolute Gasteiger partial charge is 0.336 e. The molecular formula is C26H29NO6. The Hall–Kier alpha value is -3.23. The molecule has 0 saturated carbocycles. The summed E-state index contributed by atoms with van der Waals surface area (Å²) in [6.07, 6.45) is 0. The minimum absolute atomic E-state index is 0.00572. The number of aromatic carboxylic acids is 1. The van der Waals surface area contributed by atoms with Crippen LogP contribution >= 0.6 is 0 Å². The zero-order chi connectivity index (χ0) is 24.0. The lowest BCUT2D eigenvalue weighted by Gasteiger charge is -2.30. The number of hydrogen-bond acceptors (Lipinski definition) is 6. The van der Waals surface area contributed by atoms with Crippen LogP contribution in [-0.2, 0) is 6.54 Å². The second kappa shape index (κ2) is 10.6. The number of hydrogen-bond donors (Lipinski definition) is 5. The molecule has 0 spiro atoms. The van der Waals surface area contributed by atoms with E-state index in [4.69, 9.17) is 4.74 Å². The number of benzene rings is 3. The van der Waals surface area contributed by atoms with E-state index in [1.807, 2.05) is 54.6 Å². The van der Waals surface area contributed by atoms with Gasteiger partial charge in [0, 0.05) is 6.54 Å². The number of aliphatic hydroxyl groups is 3. The molecule has 0 aromatic heterocycles. The van der Waals surface area contributed by atoms with E-state index in [-0.39, 0.29) is 12.1 Å². The normalized spacial score (nSPS) is 11.4. The van der Waals surface area contributed by atoms with Crippen LogP contribution in [0.2, 0.25) is 0 Å². The van der Waals surface area contributed by atoms with Crippen molar-refractivity contribution in [2.24, 2.45) is 0 Å². The van der Waals surface area contributed by atoms with Gasteiger partial charge >= 0.3 is 5.97 Å². The summed E-state index contributed by atoms with van der Waals surface area (Å²) in [4.78, 5) is 12.5. The highest BCUT2D eigenvalue weighted by molar-refractivity contribution is 5.97. The van der Waals surface area contributed by atoms with Crippen LogP contribution in [-0.4, -0.2) is 58.9 Å². The van der Waals surface area contributed by atoms with Crippen molar-refractivity contribution in [3.63, 3.8) is 0 Å². The first-order chi connectivity index (χ1) is 15.9. The molecule has 0 heterocycles. The fourth-order valence-electron chi connectivity index (χ4n) is 3.87. The summed E-state index contributed by atoms with van der Waals surface area (Å²) in [6.45, 7) is 0.224. The highest BCUT2D eigenvalue weighted by Gasteiger charge is 2.29. The van der Waals surface area contributed by atoms with E-state index in [0.717, 1.165) is 16.7 Å². The maximum atomic E-state index is 12.5. The fourth-order valence-corrected chi connectivity index (χ4v) is 3.87. The van der Waals surface area contributed by atoms with Crippen LogP contribution in [0.1, 0.15) is 21.5 Å². The van der Waals surface area contributed by atoms with Gasteiger partial charge in [0.2, 0.25) is 0 Å². The summed E-state index contributed by atoms with van der Waals surface area (Å²) in [6, 6.07) is 18.8. The number of aliphatic hydroxyl groups excluding tert-OH is 3. The Morgan fingerprint density at radius 2 is 1.55 bits per heavy atom. The molecule has 33 heavy (non-hydrogen) atoms. The van der Waals surface area contributed by atoms with Crippen molar-refractivity contribution < 1.29 is 30.0 Å². The lowest BCUT2D eigenvalue weighted by Crippen LogP contribution is -2.54. The van der Waals surface area contributed by atoms with Crippen molar-refractivity contribution >= 4 is 5.97 Å². The van der Waals surface area contributed by atoms with Crippen LogP contribution in [0.5, 0.6) is 5.75 Å². The molecule has 3 aromatic carbocycles. The number of ether oxygens (including phenoxy) is 1. The van der Waals surface area contributed by atoms with Crippen molar-refractivity contribution in [3.05, 3.63) is 77.4 Å². The first-order valence-corrected chi connectivity index (χ1v) is 10.6. The second-order valence-corrected chi connectivity index (χ2v) is 7.96. The van der Waals surface area contributed by atoms with E-state index in [1.165, 1.54) is 0 Å². The molecule has 0 aliphatic rings. The summed E-state index contributed by atoms with van der Waals surface area (Å²) in [5, 5.41) is 42.3.